The van der Waals surface area contributed by atoms with E-state index in [2.05, 4.69) is 58.9 Å². The number of Topliss-reactive ketones (excluding diaryl/α,β-unsaturated/α-hetero) is 1. The van der Waals surface area contributed by atoms with Crippen molar-refractivity contribution in [2.24, 2.45) is 0 Å². The largest absolute Gasteiger partial charge is 0.295 e. The predicted octanol–water partition coefficient (Wildman–Crippen LogP) is 5.14. The van der Waals surface area contributed by atoms with Crippen molar-refractivity contribution in [3.8, 4) is 0 Å². The van der Waals surface area contributed by atoms with Crippen LogP contribution in [-0.4, -0.2) is 5.78 Å². The molecular formula is C20H24O. The minimum atomic E-state index is -0.0716. The van der Waals surface area contributed by atoms with E-state index in [-0.39, 0.29) is 11.2 Å². The Hall–Kier alpha value is -1.89. The van der Waals surface area contributed by atoms with E-state index in [1.165, 1.54) is 27.8 Å². The first kappa shape index (κ1) is 15.5. The maximum absolute atomic E-state index is 11.5. The van der Waals surface area contributed by atoms with Crippen LogP contribution in [-0.2, 0) is 5.41 Å². The summed E-state index contributed by atoms with van der Waals surface area (Å²) in [5.41, 5.74) is 7.10. The molecule has 0 fully saturated rings. The average Bonchev–Trinajstić information content (AvgIpc) is 2.41. The molecule has 0 aliphatic heterocycles. The van der Waals surface area contributed by atoms with E-state index in [9.17, 15) is 4.79 Å². The van der Waals surface area contributed by atoms with E-state index in [0.29, 0.717) is 0 Å². The van der Waals surface area contributed by atoms with Crippen LogP contribution in [0.4, 0.5) is 0 Å². The first-order valence-electron chi connectivity index (χ1n) is 7.43. The van der Waals surface area contributed by atoms with E-state index in [1.54, 1.807) is 6.92 Å². The van der Waals surface area contributed by atoms with Gasteiger partial charge in [-0.2, -0.15) is 0 Å². The molecule has 0 N–H and O–H groups in total. The minimum absolute atomic E-state index is 0.0716. The minimum Gasteiger partial charge on any atom is -0.295 e. The summed E-state index contributed by atoms with van der Waals surface area (Å²) in [6.07, 6.45) is 0. The van der Waals surface area contributed by atoms with E-state index >= 15 is 0 Å². The normalized spacial score (nSPS) is 11.5. The Morgan fingerprint density at radius 2 is 1.52 bits per heavy atom. The van der Waals surface area contributed by atoms with Gasteiger partial charge in [0.15, 0.2) is 5.78 Å². The van der Waals surface area contributed by atoms with E-state index in [1.807, 2.05) is 12.1 Å². The van der Waals surface area contributed by atoms with E-state index in [4.69, 9.17) is 0 Å². The molecule has 0 aliphatic rings. The van der Waals surface area contributed by atoms with Crippen LogP contribution in [0.1, 0.15) is 58.9 Å². The van der Waals surface area contributed by atoms with Crippen molar-refractivity contribution in [2.75, 3.05) is 0 Å². The number of carbonyl (C=O) groups excluding carboxylic acids is 1. The third-order valence-electron chi connectivity index (χ3n) is 4.53. The molecule has 1 heteroatoms. The van der Waals surface area contributed by atoms with Crippen molar-refractivity contribution >= 4 is 5.78 Å². The van der Waals surface area contributed by atoms with Crippen LogP contribution in [0.5, 0.6) is 0 Å². The van der Waals surface area contributed by atoms with Crippen LogP contribution in [0.15, 0.2) is 36.4 Å². The quantitative estimate of drug-likeness (QED) is 0.711. The van der Waals surface area contributed by atoms with Crippen molar-refractivity contribution < 1.29 is 4.79 Å². The summed E-state index contributed by atoms with van der Waals surface area (Å²) in [6.45, 7) is 12.5. The first-order valence-corrected chi connectivity index (χ1v) is 7.43. The van der Waals surface area contributed by atoms with Gasteiger partial charge in [0.1, 0.15) is 0 Å². The summed E-state index contributed by atoms with van der Waals surface area (Å²) in [5.74, 6) is 0.119. The molecule has 1 nitrogen and oxygen atoms in total. The molecule has 0 heterocycles. The number of benzene rings is 2. The maximum Gasteiger partial charge on any atom is 0.159 e. The number of hydrogen-bond acceptors (Lipinski definition) is 1. The highest BCUT2D eigenvalue weighted by molar-refractivity contribution is 5.94. The lowest BCUT2D eigenvalue weighted by Gasteiger charge is -2.29. The van der Waals surface area contributed by atoms with Crippen LogP contribution in [0.25, 0.3) is 0 Å². The summed E-state index contributed by atoms with van der Waals surface area (Å²) >= 11 is 0. The summed E-state index contributed by atoms with van der Waals surface area (Å²) in [4.78, 5) is 11.5. The number of rotatable bonds is 3. The fourth-order valence-electron chi connectivity index (χ4n) is 2.87. The molecule has 0 spiro atoms. The van der Waals surface area contributed by atoms with E-state index < -0.39 is 0 Å². The molecule has 2 aromatic rings. The highest BCUT2D eigenvalue weighted by atomic mass is 16.1. The number of carbonyl (C=O) groups is 1. The second-order valence-electron chi connectivity index (χ2n) is 6.51. The Bertz CT molecular complexity index is 693. The van der Waals surface area contributed by atoms with Crippen LogP contribution in [0.2, 0.25) is 0 Å². The molecule has 0 unspecified atom stereocenters. The fourth-order valence-corrected chi connectivity index (χ4v) is 2.87. The zero-order valence-corrected chi connectivity index (χ0v) is 13.9. The third kappa shape index (κ3) is 2.92. The van der Waals surface area contributed by atoms with Gasteiger partial charge in [-0.05, 0) is 61.6 Å². The van der Waals surface area contributed by atoms with Gasteiger partial charge < -0.3 is 0 Å². The Morgan fingerprint density at radius 3 is 2.05 bits per heavy atom. The van der Waals surface area contributed by atoms with Gasteiger partial charge in [0.05, 0.1) is 0 Å². The molecule has 2 aromatic carbocycles. The molecular weight excluding hydrogens is 256 g/mol. The molecule has 2 rings (SSSR count). The molecule has 0 aromatic heterocycles. The highest BCUT2D eigenvalue weighted by Gasteiger charge is 2.25. The first-order chi connectivity index (χ1) is 9.73. The number of ketones is 1. The molecule has 0 saturated heterocycles. The Kier molecular flexibility index (Phi) is 4.04. The second kappa shape index (κ2) is 5.48. The van der Waals surface area contributed by atoms with Gasteiger partial charge in [-0.15, -0.1) is 0 Å². The lowest BCUT2D eigenvalue weighted by Crippen LogP contribution is -2.21. The van der Waals surface area contributed by atoms with Crippen LogP contribution >= 0.6 is 0 Å². The molecule has 0 saturated carbocycles. The van der Waals surface area contributed by atoms with Gasteiger partial charge in [0.2, 0.25) is 0 Å². The molecule has 110 valence electrons. The van der Waals surface area contributed by atoms with Crippen LogP contribution < -0.4 is 0 Å². The lowest BCUT2D eigenvalue weighted by atomic mass is 9.75. The van der Waals surface area contributed by atoms with Crippen molar-refractivity contribution in [3.05, 3.63) is 69.8 Å². The van der Waals surface area contributed by atoms with Gasteiger partial charge in [0, 0.05) is 11.0 Å². The third-order valence-corrected chi connectivity index (χ3v) is 4.53. The summed E-state index contributed by atoms with van der Waals surface area (Å²) in [6, 6.07) is 12.7. The molecule has 0 amide bonds. The summed E-state index contributed by atoms with van der Waals surface area (Å²) in [5, 5.41) is 0. The lowest BCUT2D eigenvalue weighted by molar-refractivity contribution is 0.101. The fraction of sp³-hybridized carbons (Fsp3) is 0.350. The molecule has 0 atom stereocenters. The Balaban J connectivity index is 2.52. The maximum atomic E-state index is 11.5. The van der Waals surface area contributed by atoms with E-state index in [0.717, 1.165) is 5.56 Å². The Labute approximate surface area is 128 Å². The highest BCUT2D eigenvalue weighted by Crippen LogP contribution is 2.34. The SMILES string of the molecule is CC(=O)c1ccc(C(C)(C)c2ccc(C)c(C)c2)c(C)c1. The van der Waals surface area contributed by atoms with Crippen molar-refractivity contribution in [2.45, 2.75) is 47.0 Å². The van der Waals surface area contributed by atoms with Gasteiger partial charge in [0.25, 0.3) is 0 Å². The van der Waals surface area contributed by atoms with Crippen molar-refractivity contribution in [1.82, 2.24) is 0 Å². The summed E-state index contributed by atoms with van der Waals surface area (Å²) in [7, 11) is 0. The smallest absolute Gasteiger partial charge is 0.159 e. The van der Waals surface area contributed by atoms with Gasteiger partial charge in [-0.25, -0.2) is 0 Å². The van der Waals surface area contributed by atoms with Crippen LogP contribution in [0.3, 0.4) is 0 Å². The second-order valence-corrected chi connectivity index (χ2v) is 6.51. The molecule has 21 heavy (non-hydrogen) atoms. The Morgan fingerprint density at radius 1 is 0.857 bits per heavy atom. The molecule has 0 bridgehead atoms. The average molecular weight is 280 g/mol. The zero-order chi connectivity index (χ0) is 15.8. The predicted molar refractivity (Wildman–Crippen MR) is 89.2 cm³/mol. The topological polar surface area (TPSA) is 17.1 Å². The van der Waals surface area contributed by atoms with Gasteiger partial charge in [-0.3, -0.25) is 4.79 Å². The van der Waals surface area contributed by atoms with Crippen molar-refractivity contribution in [3.63, 3.8) is 0 Å². The molecule has 0 aliphatic carbocycles. The monoisotopic (exact) mass is 280 g/mol. The standard InChI is InChI=1S/C20H24O/c1-13-7-9-18(12-14(13)2)20(5,6)19-10-8-17(16(4)21)11-15(19)3/h7-12H,1-6H3. The zero-order valence-electron chi connectivity index (χ0n) is 13.9. The van der Waals surface area contributed by atoms with Gasteiger partial charge >= 0.3 is 0 Å². The number of hydrogen-bond donors (Lipinski definition) is 0. The molecule has 0 radical (unpaired) electrons. The van der Waals surface area contributed by atoms with Gasteiger partial charge in [-0.1, -0.05) is 44.2 Å². The summed E-state index contributed by atoms with van der Waals surface area (Å²) < 4.78 is 0. The van der Waals surface area contributed by atoms with Crippen LogP contribution in [0, 0.1) is 20.8 Å². The number of aryl methyl sites for hydroxylation is 3. The van der Waals surface area contributed by atoms with Crippen molar-refractivity contribution in [1.29, 1.82) is 0 Å².